The highest BCUT2D eigenvalue weighted by Gasteiger charge is 2.23. The van der Waals surface area contributed by atoms with Gasteiger partial charge in [0.25, 0.3) is 5.56 Å². The molecular weight excluding hydrogens is 492 g/mol. The summed E-state index contributed by atoms with van der Waals surface area (Å²) in [7, 11) is 4.22. The maximum atomic E-state index is 13.0. The highest BCUT2D eigenvalue weighted by molar-refractivity contribution is 7.99. The van der Waals surface area contributed by atoms with Gasteiger partial charge in [-0.3, -0.25) is 23.3 Å². The summed E-state index contributed by atoms with van der Waals surface area (Å²) in [5, 5.41) is 9.41. The molecule has 4 rings (SSSR count). The number of ketones is 1. The Balaban J connectivity index is 1.75. The highest BCUT2D eigenvalue weighted by atomic mass is 35.5. The fourth-order valence-corrected chi connectivity index (χ4v) is 4.57. The van der Waals surface area contributed by atoms with Gasteiger partial charge in [0.1, 0.15) is 17.1 Å². The largest absolute Gasteiger partial charge is 0.495 e. The minimum atomic E-state index is -0.746. The van der Waals surface area contributed by atoms with E-state index in [-0.39, 0.29) is 17.1 Å². The van der Waals surface area contributed by atoms with Crippen molar-refractivity contribution in [1.29, 1.82) is 0 Å². The highest BCUT2D eigenvalue weighted by Crippen LogP contribution is 2.32. The lowest BCUT2D eigenvalue weighted by Crippen LogP contribution is -2.41. The van der Waals surface area contributed by atoms with Gasteiger partial charge >= 0.3 is 5.69 Å². The third-order valence-corrected chi connectivity index (χ3v) is 6.60. The Kier molecular flexibility index (Phi) is 6.81. The van der Waals surface area contributed by atoms with Gasteiger partial charge in [-0.2, -0.15) is 0 Å². The van der Waals surface area contributed by atoms with Gasteiger partial charge in [-0.05, 0) is 18.2 Å². The lowest BCUT2D eigenvalue weighted by Gasteiger charge is -2.13. The Labute approximate surface area is 208 Å². The second-order valence-corrected chi connectivity index (χ2v) is 8.85. The molecule has 0 saturated carbocycles. The lowest BCUT2D eigenvalue weighted by molar-refractivity contribution is 0.102. The van der Waals surface area contributed by atoms with Gasteiger partial charge in [-0.1, -0.05) is 53.7 Å². The van der Waals surface area contributed by atoms with Gasteiger partial charge < -0.3 is 10.5 Å². The van der Waals surface area contributed by atoms with Crippen molar-refractivity contribution in [2.75, 3.05) is 18.6 Å². The van der Waals surface area contributed by atoms with Crippen LogP contribution in [-0.2, 0) is 14.1 Å². The fraction of sp³-hybridized carbons (Fsp3) is 0.174. The van der Waals surface area contributed by atoms with Crippen LogP contribution >= 0.6 is 23.4 Å². The van der Waals surface area contributed by atoms with Crippen LogP contribution in [0.3, 0.4) is 0 Å². The zero-order valence-corrected chi connectivity index (χ0v) is 20.6. The number of hydrogen-bond acceptors (Lipinski definition) is 8. The van der Waals surface area contributed by atoms with E-state index >= 15 is 0 Å². The first-order valence-corrected chi connectivity index (χ1v) is 11.7. The summed E-state index contributed by atoms with van der Waals surface area (Å²) in [6.07, 6.45) is 0. The third-order valence-electron chi connectivity index (χ3n) is 5.38. The number of hydrogen-bond donors (Lipinski definition) is 1. The molecule has 0 fully saturated rings. The number of rotatable bonds is 7. The molecule has 0 unspecified atom stereocenters. The number of aromatic nitrogens is 5. The number of methoxy groups -OCH3 is 1. The van der Waals surface area contributed by atoms with Crippen molar-refractivity contribution in [3.8, 4) is 22.8 Å². The standard InChI is InChI=1S/C23H21ClN6O4S/c1-28-19(25)18(21(32)29(2)23(28)33)16(31)12-35-22-27-26-20(13-7-5-4-6-8-13)30(22)14-9-10-17(34-3)15(24)11-14/h4-11H,12,25H2,1-3H3. The monoisotopic (exact) mass is 512 g/mol. The van der Waals surface area contributed by atoms with E-state index in [2.05, 4.69) is 10.2 Å². The van der Waals surface area contributed by atoms with Crippen molar-refractivity contribution in [2.24, 2.45) is 14.1 Å². The molecule has 12 heteroatoms. The van der Waals surface area contributed by atoms with Crippen molar-refractivity contribution in [1.82, 2.24) is 23.9 Å². The van der Waals surface area contributed by atoms with E-state index in [1.165, 1.54) is 21.2 Å². The predicted octanol–water partition coefficient (Wildman–Crippen LogP) is 2.55. The van der Waals surface area contributed by atoms with E-state index in [4.69, 9.17) is 22.1 Å². The molecular formula is C23H21ClN6O4S. The predicted molar refractivity (Wildman–Crippen MR) is 135 cm³/mol. The maximum Gasteiger partial charge on any atom is 0.332 e. The van der Waals surface area contributed by atoms with E-state index in [1.807, 2.05) is 30.3 Å². The van der Waals surface area contributed by atoms with Crippen LogP contribution in [0.15, 0.2) is 63.3 Å². The summed E-state index contributed by atoms with van der Waals surface area (Å²) in [5.74, 6) is 0.174. The van der Waals surface area contributed by atoms with Crippen LogP contribution in [0.1, 0.15) is 10.4 Å². The molecule has 2 aromatic heterocycles. The number of carbonyl (C=O) groups excluding carboxylic acids is 1. The van der Waals surface area contributed by atoms with E-state index in [1.54, 1.807) is 22.8 Å². The van der Waals surface area contributed by atoms with Crippen LogP contribution in [0, 0.1) is 0 Å². The zero-order chi connectivity index (χ0) is 25.3. The summed E-state index contributed by atoms with van der Waals surface area (Å²) in [6, 6.07) is 14.7. The van der Waals surface area contributed by atoms with Gasteiger partial charge in [0.2, 0.25) is 0 Å². The molecule has 180 valence electrons. The quantitative estimate of drug-likeness (QED) is 0.295. The summed E-state index contributed by atoms with van der Waals surface area (Å²) in [4.78, 5) is 37.6. The van der Waals surface area contributed by atoms with Gasteiger partial charge in [-0.25, -0.2) is 4.79 Å². The van der Waals surface area contributed by atoms with Crippen molar-refractivity contribution < 1.29 is 9.53 Å². The molecule has 0 aliphatic heterocycles. The van der Waals surface area contributed by atoms with Crippen LogP contribution in [-0.4, -0.2) is 42.5 Å². The van der Waals surface area contributed by atoms with Crippen LogP contribution in [0.4, 0.5) is 5.82 Å². The average Bonchev–Trinajstić information content (AvgIpc) is 3.29. The van der Waals surface area contributed by atoms with Crippen molar-refractivity contribution in [3.63, 3.8) is 0 Å². The normalized spacial score (nSPS) is 11.0. The number of carbonyl (C=O) groups is 1. The van der Waals surface area contributed by atoms with Crippen molar-refractivity contribution in [3.05, 3.63) is 80.0 Å². The number of Topliss-reactive ketones (excluding diaryl/α,β-unsaturated/α-hetero) is 1. The molecule has 0 saturated heterocycles. The summed E-state index contributed by atoms with van der Waals surface area (Å²) in [6.45, 7) is 0. The summed E-state index contributed by atoms with van der Waals surface area (Å²) < 4.78 is 8.93. The summed E-state index contributed by atoms with van der Waals surface area (Å²) in [5.41, 5.74) is 5.79. The van der Waals surface area contributed by atoms with Crippen LogP contribution in [0.2, 0.25) is 5.02 Å². The minimum Gasteiger partial charge on any atom is -0.495 e. The molecule has 0 radical (unpaired) electrons. The number of benzene rings is 2. The first kappa shape index (κ1) is 24.3. The Bertz CT molecular complexity index is 1540. The number of halogens is 1. The molecule has 2 heterocycles. The molecule has 4 aromatic rings. The Hall–Kier alpha value is -3.83. The van der Waals surface area contributed by atoms with Crippen molar-refractivity contribution >= 4 is 35.0 Å². The van der Waals surface area contributed by atoms with Crippen LogP contribution < -0.4 is 21.7 Å². The maximum absolute atomic E-state index is 13.0. The van der Waals surface area contributed by atoms with Crippen molar-refractivity contribution in [2.45, 2.75) is 5.16 Å². The molecule has 2 aromatic carbocycles. The Morgan fingerprint density at radius 3 is 2.46 bits per heavy atom. The van der Waals surface area contributed by atoms with E-state index in [0.29, 0.717) is 27.4 Å². The molecule has 0 spiro atoms. The third kappa shape index (κ3) is 4.47. The Morgan fingerprint density at radius 1 is 1.09 bits per heavy atom. The smallest absolute Gasteiger partial charge is 0.332 e. The number of nitrogens with zero attached hydrogens (tertiary/aromatic N) is 5. The molecule has 0 atom stereocenters. The van der Waals surface area contributed by atoms with Gasteiger partial charge in [-0.15, -0.1) is 10.2 Å². The SMILES string of the molecule is COc1ccc(-n2c(SCC(=O)c3c(N)n(C)c(=O)n(C)c3=O)nnc2-c2ccccc2)cc1Cl. The molecule has 35 heavy (non-hydrogen) atoms. The fourth-order valence-electron chi connectivity index (χ4n) is 3.49. The molecule has 0 bridgehead atoms. The van der Waals surface area contributed by atoms with E-state index in [9.17, 15) is 14.4 Å². The van der Waals surface area contributed by atoms with E-state index < -0.39 is 17.0 Å². The molecule has 0 amide bonds. The van der Waals surface area contributed by atoms with Crippen LogP contribution in [0.25, 0.3) is 17.1 Å². The molecule has 0 aliphatic carbocycles. The first-order valence-electron chi connectivity index (χ1n) is 10.3. The topological polar surface area (TPSA) is 127 Å². The second-order valence-electron chi connectivity index (χ2n) is 7.50. The minimum absolute atomic E-state index is 0.158. The molecule has 10 nitrogen and oxygen atoms in total. The lowest BCUT2D eigenvalue weighted by atomic mass is 10.2. The average molecular weight is 513 g/mol. The number of anilines is 1. The van der Waals surface area contributed by atoms with Gasteiger partial charge in [0.15, 0.2) is 16.8 Å². The van der Waals surface area contributed by atoms with Crippen LogP contribution in [0.5, 0.6) is 5.75 Å². The van der Waals surface area contributed by atoms with Gasteiger partial charge in [0.05, 0.1) is 23.6 Å². The number of ether oxygens (including phenoxy) is 1. The van der Waals surface area contributed by atoms with E-state index in [0.717, 1.165) is 26.5 Å². The number of nitrogens with two attached hydrogens (primary N) is 1. The van der Waals surface area contributed by atoms with Gasteiger partial charge in [0, 0.05) is 19.7 Å². The molecule has 2 N–H and O–H groups in total. The number of nitrogen functional groups attached to an aromatic ring is 1. The first-order chi connectivity index (χ1) is 16.7. The summed E-state index contributed by atoms with van der Waals surface area (Å²) >= 11 is 7.45. The Morgan fingerprint density at radius 2 is 1.80 bits per heavy atom. The zero-order valence-electron chi connectivity index (χ0n) is 19.1. The molecule has 0 aliphatic rings. The number of thioether (sulfide) groups is 1. The second kappa shape index (κ2) is 9.80.